The summed E-state index contributed by atoms with van der Waals surface area (Å²) in [5.74, 6) is 0.746. The van der Waals surface area contributed by atoms with Gasteiger partial charge in [-0.3, -0.25) is 0 Å². The second-order valence-corrected chi connectivity index (χ2v) is 5.87. The Kier molecular flexibility index (Phi) is 5.96. The molecule has 0 nitrogen and oxygen atoms in total. The van der Waals surface area contributed by atoms with Crippen molar-refractivity contribution < 1.29 is 13.2 Å². The Bertz CT molecular complexity index is 373. The van der Waals surface area contributed by atoms with Crippen LogP contribution in [-0.2, 0) is 6.18 Å². The Hall–Kier alpha value is 0.420. The molecule has 0 fully saturated rings. The molecule has 0 unspecified atom stereocenters. The summed E-state index contributed by atoms with van der Waals surface area (Å²) in [6.45, 7) is 0. The minimum atomic E-state index is -4.42. The molecule has 0 aliphatic rings. The van der Waals surface area contributed by atoms with E-state index in [2.05, 4.69) is 15.9 Å². The highest BCUT2D eigenvalue weighted by Gasteiger charge is 2.31. The van der Waals surface area contributed by atoms with E-state index in [1.807, 2.05) is 0 Å². The third-order valence-corrected chi connectivity index (χ3v) is 4.45. The van der Waals surface area contributed by atoms with Crippen molar-refractivity contribution in [2.75, 3.05) is 11.1 Å². The first kappa shape index (κ1) is 15.5. The third-order valence-electron chi connectivity index (χ3n) is 1.85. The molecule has 7 heteroatoms. The Balaban J connectivity index is 2.95. The van der Waals surface area contributed by atoms with Gasteiger partial charge in [0, 0.05) is 10.2 Å². The van der Waals surface area contributed by atoms with Gasteiger partial charge < -0.3 is 0 Å². The summed E-state index contributed by atoms with van der Waals surface area (Å²) in [6, 6.07) is 1.81. The molecular weight excluding hydrogens is 360 g/mol. The molecule has 0 aromatic heterocycles. The predicted octanol–water partition coefficient (Wildman–Crippen LogP) is 5.89. The third kappa shape index (κ3) is 4.54. The van der Waals surface area contributed by atoms with E-state index < -0.39 is 11.7 Å². The van der Waals surface area contributed by atoms with E-state index in [4.69, 9.17) is 23.2 Å². The van der Waals surface area contributed by atoms with Crippen molar-refractivity contribution >= 4 is 50.9 Å². The number of alkyl halides is 4. The second kappa shape index (κ2) is 6.55. The van der Waals surface area contributed by atoms with E-state index in [0.29, 0.717) is 4.90 Å². The monoisotopic (exact) mass is 366 g/mol. The van der Waals surface area contributed by atoms with Crippen molar-refractivity contribution in [3.8, 4) is 0 Å². The molecule has 1 aromatic rings. The number of rotatable bonds is 4. The van der Waals surface area contributed by atoms with Gasteiger partial charge in [0.15, 0.2) is 0 Å². The van der Waals surface area contributed by atoms with Crippen molar-refractivity contribution in [1.29, 1.82) is 0 Å². The zero-order valence-corrected chi connectivity index (χ0v) is 12.4. The van der Waals surface area contributed by atoms with Crippen LogP contribution in [0.3, 0.4) is 0 Å². The van der Waals surface area contributed by atoms with Gasteiger partial charge in [-0.2, -0.15) is 13.2 Å². The molecule has 96 valence electrons. The second-order valence-electron chi connectivity index (χ2n) is 3.16. The molecule has 0 N–H and O–H groups in total. The number of hydrogen-bond donors (Lipinski definition) is 0. The van der Waals surface area contributed by atoms with E-state index in [1.165, 1.54) is 11.8 Å². The maximum Gasteiger partial charge on any atom is 0.416 e. The van der Waals surface area contributed by atoms with Gasteiger partial charge in [0.1, 0.15) is 0 Å². The molecule has 0 amide bonds. The molecule has 0 bridgehead atoms. The Morgan fingerprint density at radius 3 is 2.12 bits per heavy atom. The van der Waals surface area contributed by atoms with Crippen LogP contribution >= 0.6 is 50.9 Å². The van der Waals surface area contributed by atoms with Crippen molar-refractivity contribution in [2.24, 2.45) is 0 Å². The summed E-state index contributed by atoms with van der Waals surface area (Å²) in [6.07, 6.45) is -3.54. The average Bonchev–Trinajstić information content (AvgIpc) is 2.20. The van der Waals surface area contributed by atoms with Gasteiger partial charge in [0.2, 0.25) is 0 Å². The minimum Gasteiger partial charge on any atom is -0.166 e. The zero-order valence-electron chi connectivity index (χ0n) is 8.45. The highest BCUT2D eigenvalue weighted by molar-refractivity contribution is 9.09. The van der Waals surface area contributed by atoms with Crippen LogP contribution in [-0.4, -0.2) is 11.1 Å². The van der Waals surface area contributed by atoms with Gasteiger partial charge in [-0.1, -0.05) is 39.1 Å². The summed E-state index contributed by atoms with van der Waals surface area (Å²) in [4.78, 5) is 0.502. The van der Waals surface area contributed by atoms with Crippen molar-refractivity contribution in [3.05, 3.63) is 27.7 Å². The summed E-state index contributed by atoms with van der Waals surface area (Å²) in [7, 11) is 0. The number of halogens is 6. The number of benzene rings is 1. The molecule has 1 rings (SSSR count). The maximum atomic E-state index is 12.5. The molecule has 0 aliphatic heterocycles. The SMILES string of the molecule is FC(F)(F)c1cc(Cl)c(SCCCBr)c(Cl)c1. The quantitative estimate of drug-likeness (QED) is 0.363. The summed E-state index contributed by atoms with van der Waals surface area (Å²) < 4.78 is 37.4. The smallest absolute Gasteiger partial charge is 0.166 e. The van der Waals surface area contributed by atoms with Crippen LogP contribution in [0.4, 0.5) is 13.2 Å². The van der Waals surface area contributed by atoms with Crippen molar-refractivity contribution in [3.63, 3.8) is 0 Å². The van der Waals surface area contributed by atoms with Crippen LogP contribution in [0, 0.1) is 0 Å². The van der Waals surface area contributed by atoms with Crippen LogP contribution in [0.25, 0.3) is 0 Å². The summed E-state index contributed by atoms with van der Waals surface area (Å²) in [5.41, 5.74) is -0.822. The molecule has 0 saturated heterocycles. The molecule has 0 aliphatic carbocycles. The topological polar surface area (TPSA) is 0 Å². The Labute approximate surface area is 120 Å². The zero-order chi connectivity index (χ0) is 13.1. The normalized spacial score (nSPS) is 11.9. The van der Waals surface area contributed by atoms with E-state index in [0.717, 1.165) is 29.6 Å². The molecule has 0 atom stereocenters. The average molecular weight is 368 g/mol. The minimum absolute atomic E-state index is 0.0457. The van der Waals surface area contributed by atoms with Crippen LogP contribution in [0.15, 0.2) is 17.0 Å². The molecular formula is C10H8BrCl2F3S. The molecule has 0 heterocycles. The molecule has 0 radical (unpaired) electrons. The van der Waals surface area contributed by atoms with E-state index >= 15 is 0 Å². The van der Waals surface area contributed by atoms with Gasteiger partial charge in [-0.15, -0.1) is 11.8 Å². The van der Waals surface area contributed by atoms with Crippen molar-refractivity contribution in [2.45, 2.75) is 17.5 Å². The van der Waals surface area contributed by atoms with Gasteiger partial charge in [0.25, 0.3) is 0 Å². The lowest BCUT2D eigenvalue weighted by atomic mass is 10.2. The largest absolute Gasteiger partial charge is 0.416 e. The molecule has 17 heavy (non-hydrogen) atoms. The van der Waals surface area contributed by atoms with E-state index in [-0.39, 0.29) is 10.0 Å². The first-order valence-electron chi connectivity index (χ1n) is 4.61. The Morgan fingerprint density at radius 2 is 1.71 bits per heavy atom. The van der Waals surface area contributed by atoms with Gasteiger partial charge in [0.05, 0.1) is 15.6 Å². The summed E-state index contributed by atoms with van der Waals surface area (Å²) in [5, 5.41) is 0.921. The van der Waals surface area contributed by atoms with Crippen LogP contribution in [0.2, 0.25) is 10.0 Å². The predicted molar refractivity (Wildman–Crippen MR) is 70.6 cm³/mol. The summed E-state index contributed by atoms with van der Waals surface area (Å²) >= 11 is 16.2. The first-order valence-corrected chi connectivity index (χ1v) is 7.47. The molecule has 1 aromatic carbocycles. The Morgan fingerprint density at radius 1 is 1.18 bits per heavy atom. The van der Waals surface area contributed by atoms with Crippen LogP contribution in [0.5, 0.6) is 0 Å². The van der Waals surface area contributed by atoms with Crippen molar-refractivity contribution in [1.82, 2.24) is 0 Å². The van der Waals surface area contributed by atoms with E-state index in [1.54, 1.807) is 0 Å². The highest BCUT2D eigenvalue weighted by atomic mass is 79.9. The fourth-order valence-electron chi connectivity index (χ4n) is 1.09. The van der Waals surface area contributed by atoms with Crippen LogP contribution in [0.1, 0.15) is 12.0 Å². The maximum absolute atomic E-state index is 12.5. The lowest BCUT2D eigenvalue weighted by molar-refractivity contribution is -0.137. The first-order chi connectivity index (χ1) is 7.86. The van der Waals surface area contributed by atoms with E-state index in [9.17, 15) is 13.2 Å². The molecule has 0 saturated carbocycles. The van der Waals surface area contributed by atoms with Gasteiger partial charge in [-0.25, -0.2) is 0 Å². The van der Waals surface area contributed by atoms with Crippen LogP contribution < -0.4 is 0 Å². The van der Waals surface area contributed by atoms with Gasteiger partial charge >= 0.3 is 6.18 Å². The van der Waals surface area contributed by atoms with Gasteiger partial charge in [-0.05, 0) is 24.3 Å². The lowest BCUT2D eigenvalue weighted by Gasteiger charge is -2.11. The fraction of sp³-hybridized carbons (Fsp3) is 0.400. The number of thioether (sulfide) groups is 1. The fourth-order valence-corrected chi connectivity index (χ4v) is 3.44. The number of hydrogen-bond acceptors (Lipinski definition) is 1. The standard InChI is InChI=1S/C10H8BrCl2F3S/c11-2-1-3-17-9-7(12)4-6(5-8(9)13)10(14,15)16/h4-5H,1-3H2. The lowest BCUT2D eigenvalue weighted by Crippen LogP contribution is -2.05. The highest BCUT2D eigenvalue weighted by Crippen LogP contribution is 2.40. The molecule has 0 spiro atoms.